The summed E-state index contributed by atoms with van der Waals surface area (Å²) < 4.78 is 0.999. The smallest absolute Gasteiger partial charge is 0.0887 e. The predicted octanol–water partition coefficient (Wildman–Crippen LogP) is 6.27. The SMILES string of the molecule is CC1CCC(C(Cl)c2cc(Cl)c(Br)s2)CC1. The molecule has 1 fully saturated rings. The zero-order valence-corrected chi connectivity index (χ0v) is 13.1. The van der Waals surface area contributed by atoms with Crippen molar-refractivity contribution in [1.82, 2.24) is 0 Å². The largest absolute Gasteiger partial charge is 0.130 e. The Labute approximate surface area is 119 Å². The lowest BCUT2D eigenvalue weighted by Gasteiger charge is -2.28. The van der Waals surface area contributed by atoms with Crippen molar-refractivity contribution < 1.29 is 0 Å². The van der Waals surface area contributed by atoms with Crippen LogP contribution in [0.1, 0.15) is 42.9 Å². The molecule has 0 aliphatic heterocycles. The van der Waals surface area contributed by atoms with E-state index in [9.17, 15) is 0 Å². The van der Waals surface area contributed by atoms with Crippen molar-refractivity contribution in [3.63, 3.8) is 0 Å². The molecule has 2 rings (SSSR count). The summed E-state index contributed by atoms with van der Waals surface area (Å²) in [5, 5.41) is 0.927. The quantitative estimate of drug-likeness (QED) is 0.556. The maximum Gasteiger partial charge on any atom is 0.0887 e. The highest BCUT2D eigenvalue weighted by molar-refractivity contribution is 9.11. The molecule has 0 N–H and O–H groups in total. The van der Waals surface area contributed by atoms with Crippen LogP contribution in [0.5, 0.6) is 0 Å². The van der Waals surface area contributed by atoms with E-state index < -0.39 is 0 Å². The molecule has 0 bridgehead atoms. The number of halogens is 3. The van der Waals surface area contributed by atoms with Crippen LogP contribution in [0.15, 0.2) is 9.85 Å². The molecule has 16 heavy (non-hydrogen) atoms. The van der Waals surface area contributed by atoms with E-state index in [2.05, 4.69) is 22.9 Å². The second-order valence-corrected chi connectivity index (χ2v) is 7.97. The van der Waals surface area contributed by atoms with Gasteiger partial charge in [-0.3, -0.25) is 0 Å². The molecular weight excluding hydrogens is 327 g/mol. The molecule has 0 amide bonds. The summed E-state index contributed by atoms with van der Waals surface area (Å²) in [6, 6.07) is 2.01. The first-order valence-electron chi connectivity index (χ1n) is 5.66. The van der Waals surface area contributed by atoms with E-state index in [1.54, 1.807) is 11.3 Å². The van der Waals surface area contributed by atoms with Gasteiger partial charge < -0.3 is 0 Å². The summed E-state index contributed by atoms with van der Waals surface area (Å²) in [6.07, 6.45) is 5.13. The van der Waals surface area contributed by atoms with Gasteiger partial charge in [-0.15, -0.1) is 22.9 Å². The fraction of sp³-hybridized carbons (Fsp3) is 0.667. The molecule has 1 heterocycles. The number of thiophene rings is 1. The van der Waals surface area contributed by atoms with Crippen molar-refractivity contribution >= 4 is 50.5 Å². The predicted molar refractivity (Wildman–Crippen MR) is 76.7 cm³/mol. The first-order valence-corrected chi connectivity index (χ1v) is 8.09. The van der Waals surface area contributed by atoms with Gasteiger partial charge in [0.1, 0.15) is 0 Å². The molecule has 1 aliphatic carbocycles. The lowest BCUT2D eigenvalue weighted by atomic mass is 9.81. The molecule has 1 aromatic rings. The Hall–Kier alpha value is 0.760. The van der Waals surface area contributed by atoms with Crippen molar-refractivity contribution in [2.24, 2.45) is 11.8 Å². The van der Waals surface area contributed by atoms with Gasteiger partial charge in [0.15, 0.2) is 0 Å². The monoisotopic (exact) mass is 340 g/mol. The molecule has 90 valence electrons. The highest BCUT2D eigenvalue weighted by Crippen LogP contribution is 2.45. The van der Waals surface area contributed by atoms with Crippen molar-refractivity contribution in [2.45, 2.75) is 38.0 Å². The zero-order valence-electron chi connectivity index (χ0n) is 9.18. The van der Waals surface area contributed by atoms with Crippen LogP contribution in [0, 0.1) is 11.8 Å². The fourth-order valence-electron chi connectivity index (χ4n) is 2.31. The molecule has 0 nitrogen and oxygen atoms in total. The fourth-order valence-corrected chi connectivity index (χ4v) is 4.58. The third-order valence-corrected chi connectivity index (χ3v) is 6.69. The minimum absolute atomic E-state index is 0.140. The van der Waals surface area contributed by atoms with Gasteiger partial charge in [-0.1, -0.05) is 31.4 Å². The van der Waals surface area contributed by atoms with Crippen LogP contribution in [0.25, 0.3) is 0 Å². The number of hydrogen-bond donors (Lipinski definition) is 0. The van der Waals surface area contributed by atoms with E-state index in [-0.39, 0.29) is 5.38 Å². The van der Waals surface area contributed by atoms with E-state index in [4.69, 9.17) is 23.2 Å². The third-order valence-electron chi connectivity index (χ3n) is 3.41. The van der Waals surface area contributed by atoms with Crippen molar-refractivity contribution in [3.8, 4) is 0 Å². The average molecular weight is 342 g/mol. The van der Waals surface area contributed by atoms with Crippen LogP contribution in [0.4, 0.5) is 0 Å². The average Bonchev–Trinajstić information content (AvgIpc) is 2.59. The Morgan fingerprint density at radius 1 is 1.38 bits per heavy atom. The zero-order chi connectivity index (χ0) is 11.7. The molecular formula is C12H15BrCl2S. The van der Waals surface area contributed by atoms with Crippen LogP contribution in [-0.2, 0) is 0 Å². The normalized spacial score (nSPS) is 28.0. The van der Waals surface area contributed by atoms with Gasteiger partial charge in [0.05, 0.1) is 14.2 Å². The van der Waals surface area contributed by atoms with Crippen molar-refractivity contribution in [2.75, 3.05) is 0 Å². The highest BCUT2D eigenvalue weighted by atomic mass is 79.9. The van der Waals surface area contributed by atoms with E-state index >= 15 is 0 Å². The van der Waals surface area contributed by atoms with Crippen LogP contribution < -0.4 is 0 Å². The standard InChI is InChI=1S/C12H15BrCl2S/c1-7-2-4-8(5-3-7)11(15)10-6-9(14)12(13)16-10/h6-8,11H,2-5H2,1H3. The molecule has 4 heteroatoms. The van der Waals surface area contributed by atoms with Crippen LogP contribution >= 0.6 is 50.5 Å². The van der Waals surface area contributed by atoms with Gasteiger partial charge in [0.25, 0.3) is 0 Å². The Balaban J connectivity index is 2.04. The molecule has 0 aromatic carbocycles. The molecule has 0 spiro atoms. The molecule has 0 saturated heterocycles. The Bertz CT molecular complexity index is 336. The first-order chi connectivity index (χ1) is 7.58. The molecule has 0 radical (unpaired) electrons. The van der Waals surface area contributed by atoms with Gasteiger partial charge >= 0.3 is 0 Å². The molecule has 1 saturated carbocycles. The lowest BCUT2D eigenvalue weighted by Crippen LogP contribution is -2.15. The van der Waals surface area contributed by atoms with Crippen LogP contribution in [0.3, 0.4) is 0 Å². The van der Waals surface area contributed by atoms with Gasteiger partial charge in [0, 0.05) is 4.88 Å². The molecule has 1 aliphatic rings. The van der Waals surface area contributed by atoms with E-state index in [0.717, 1.165) is 14.7 Å². The van der Waals surface area contributed by atoms with Gasteiger partial charge in [0.2, 0.25) is 0 Å². The van der Waals surface area contributed by atoms with Crippen LogP contribution in [0.2, 0.25) is 5.02 Å². The Kier molecular flexibility index (Phi) is 4.62. The molecule has 1 atom stereocenters. The van der Waals surface area contributed by atoms with E-state index in [1.165, 1.54) is 30.6 Å². The summed E-state index contributed by atoms with van der Waals surface area (Å²) >= 11 is 17.7. The minimum atomic E-state index is 0.140. The van der Waals surface area contributed by atoms with E-state index in [0.29, 0.717) is 5.92 Å². The summed E-state index contributed by atoms with van der Waals surface area (Å²) in [5.41, 5.74) is 0. The lowest BCUT2D eigenvalue weighted by molar-refractivity contribution is 0.284. The summed E-state index contributed by atoms with van der Waals surface area (Å²) in [5.74, 6) is 1.50. The maximum atomic E-state index is 6.55. The molecule has 1 unspecified atom stereocenters. The Morgan fingerprint density at radius 3 is 2.50 bits per heavy atom. The third kappa shape index (κ3) is 2.95. The summed E-state index contributed by atoms with van der Waals surface area (Å²) in [4.78, 5) is 1.21. The number of rotatable bonds is 2. The maximum absolute atomic E-state index is 6.55. The molecule has 1 aromatic heterocycles. The van der Waals surface area contributed by atoms with Gasteiger partial charge in [-0.05, 0) is 46.7 Å². The minimum Gasteiger partial charge on any atom is -0.130 e. The second-order valence-electron chi connectivity index (χ2n) is 4.69. The van der Waals surface area contributed by atoms with Crippen molar-refractivity contribution in [3.05, 3.63) is 19.8 Å². The van der Waals surface area contributed by atoms with E-state index in [1.807, 2.05) is 6.07 Å². The second kappa shape index (κ2) is 5.60. The Morgan fingerprint density at radius 2 is 2.00 bits per heavy atom. The van der Waals surface area contributed by atoms with Crippen molar-refractivity contribution in [1.29, 1.82) is 0 Å². The highest BCUT2D eigenvalue weighted by Gasteiger charge is 2.27. The summed E-state index contributed by atoms with van der Waals surface area (Å²) in [7, 11) is 0. The summed E-state index contributed by atoms with van der Waals surface area (Å²) in [6.45, 7) is 2.33. The van der Waals surface area contributed by atoms with Gasteiger partial charge in [-0.25, -0.2) is 0 Å². The van der Waals surface area contributed by atoms with Crippen LogP contribution in [-0.4, -0.2) is 0 Å². The first kappa shape index (κ1) is 13.2. The number of hydrogen-bond acceptors (Lipinski definition) is 1. The topological polar surface area (TPSA) is 0 Å². The van der Waals surface area contributed by atoms with Gasteiger partial charge in [-0.2, -0.15) is 0 Å². The number of alkyl halides is 1.